The zero-order chi connectivity index (χ0) is 15.2. The molecule has 0 saturated carbocycles. The largest absolute Gasteiger partial charge is 0.315 e. The lowest BCUT2D eigenvalue weighted by atomic mass is 10.1. The predicted octanol–water partition coefficient (Wildman–Crippen LogP) is 4.55. The van der Waals surface area contributed by atoms with Gasteiger partial charge in [0.05, 0.1) is 0 Å². The Morgan fingerprint density at radius 1 is 0.750 bits per heavy atom. The van der Waals surface area contributed by atoms with Crippen molar-refractivity contribution in [2.45, 2.75) is 73.1 Å². The Morgan fingerprint density at radius 2 is 1.35 bits per heavy atom. The minimum absolute atomic E-state index is 0.818. The van der Waals surface area contributed by atoms with E-state index in [1.54, 1.807) is 0 Å². The van der Waals surface area contributed by atoms with Crippen LogP contribution >= 0.6 is 0 Å². The zero-order valence-electron chi connectivity index (χ0n) is 14.9. The van der Waals surface area contributed by atoms with Crippen LogP contribution in [0, 0.1) is 11.8 Å². The van der Waals surface area contributed by atoms with Crippen molar-refractivity contribution in [1.29, 1.82) is 0 Å². The molecule has 0 aromatic heterocycles. The number of nitrogens with zero attached hydrogens (tertiary/aromatic N) is 1. The fourth-order valence-corrected chi connectivity index (χ4v) is 2.26. The molecular formula is C18H40N2. The first kappa shape index (κ1) is 19.9. The van der Waals surface area contributed by atoms with E-state index in [-0.39, 0.29) is 0 Å². The van der Waals surface area contributed by atoms with Gasteiger partial charge in [0.25, 0.3) is 0 Å². The van der Waals surface area contributed by atoms with Gasteiger partial charge >= 0.3 is 0 Å². The minimum Gasteiger partial charge on any atom is -0.315 e. The van der Waals surface area contributed by atoms with E-state index in [9.17, 15) is 0 Å². The summed E-state index contributed by atoms with van der Waals surface area (Å²) < 4.78 is 0. The van der Waals surface area contributed by atoms with Gasteiger partial charge in [-0.1, -0.05) is 53.9 Å². The van der Waals surface area contributed by atoms with Crippen LogP contribution in [0.15, 0.2) is 0 Å². The fraction of sp³-hybridized carbons (Fsp3) is 1.00. The third-order valence-electron chi connectivity index (χ3n) is 3.86. The maximum Gasteiger partial charge on any atom is 0.0107 e. The normalized spacial score (nSPS) is 12.0. The van der Waals surface area contributed by atoms with Crippen LogP contribution in [0.4, 0.5) is 0 Å². The lowest BCUT2D eigenvalue weighted by Crippen LogP contribution is -2.34. The molecule has 0 radical (unpaired) electrons. The Labute approximate surface area is 128 Å². The second-order valence-electron chi connectivity index (χ2n) is 7.02. The Hall–Kier alpha value is -0.0800. The zero-order valence-corrected chi connectivity index (χ0v) is 14.9. The van der Waals surface area contributed by atoms with Gasteiger partial charge in [-0.25, -0.2) is 0 Å². The SMILES string of the molecule is CCCCCCNCCN(CCC(C)C)CCC(C)C. The van der Waals surface area contributed by atoms with Gasteiger partial charge in [-0.2, -0.15) is 0 Å². The maximum absolute atomic E-state index is 3.61. The number of nitrogens with one attached hydrogen (secondary N) is 1. The summed E-state index contributed by atoms with van der Waals surface area (Å²) >= 11 is 0. The summed E-state index contributed by atoms with van der Waals surface area (Å²) in [4.78, 5) is 2.65. The molecule has 0 rings (SSSR count). The molecule has 1 N–H and O–H groups in total. The number of unbranched alkanes of at least 4 members (excludes halogenated alkanes) is 3. The fourth-order valence-electron chi connectivity index (χ4n) is 2.26. The van der Waals surface area contributed by atoms with Crippen molar-refractivity contribution in [3.63, 3.8) is 0 Å². The van der Waals surface area contributed by atoms with Gasteiger partial charge in [0.2, 0.25) is 0 Å². The Kier molecular flexibility index (Phi) is 13.8. The molecular weight excluding hydrogens is 244 g/mol. The van der Waals surface area contributed by atoms with Crippen LogP contribution in [0.3, 0.4) is 0 Å². The average molecular weight is 285 g/mol. The highest BCUT2D eigenvalue weighted by molar-refractivity contribution is 4.63. The van der Waals surface area contributed by atoms with Crippen LogP contribution in [0.1, 0.15) is 73.1 Å². The first-order chi connectivity index (χ1) is 9.56. The predicted molar refractivity (Wildman–Crippen MR) is 92.4 cm³/mol. The molecule has 0 fully saturated rings. The van der Waals surface area contributed by atoms with Crippen LogP contribution in [0.5, 0.6) is 0 Å². The Morgan fingerprint density at radius 3 is 1.85 bits per heavy atom. The van der Waals surface area contributed by atoms with Crippen molar-refractivity contribution in [2.75, 3.05) is 32.7 Å². The van der Waals surface area contributed by atoms with Crippen LogP contribution < -0.4 is 5.32 Å². The molecule has 0 aromatic carbocycles. The van der Waals surface area contributed by atoms with Crippen LogP contribution in [-0.4, -0.2) is 37.6 Å². The van der Waals surface area contributed by atoms with Crippen LogP contribution in [0.25, 0.3) is 0 Å². The topological polar surface area (TPSA) is 15.3 Å². The molecule has 0 aromatic rings. The van der Waals surface area contributed by atoms with E-state index in [2.05, 4.69) is 44.8 Å². The Balaban J connectivity index is 3.67. The highest BCUT2D eigenvalue weighted by Crippen LogP contribution is 2.06. The number of rotatable bonds is 14. The maximum atomic E-state index is 3.61. The molecule has 0 bridgehead atoms. The monoisotopic (exact) mass is 284 g/mol. The molecule has 0 amide bonds. The van der Waals surface area contributed by atoms with Crippen molar-refractivity contribution in [1.82, 2.24) is 10.2 Å². The summed E-state index contributed by atoms with van der Waals surface area (Å²) in [5.41, 5.74) is 0. The molecule has 2 heteroatoms. The van der Waals surface area contributed by atoms with Crippen molar-refractivity contribution < 1.29 is 0 Å². The number of hydrogen-bond acceptors (Lipinski definition) is 2. The highest BCUT2D eigenvalue weighted by atomic mass is 15.1. The van der Waals surface area contributed by atoms with E-state index >= 15 is 0 Å². The van der Waals surface area contributed by atoms with E-state index in [0.717, 1.165) is 18.4 Å². The smallest absolute Gasteiger partial charge is 0.0107 e. The molecule has 0 unspecified atom stereocenters. The summed E-state index contributed by atoms with van der Waals surface area (Å²) in [6.45, 7) is 17.7. The third-order valence-corrected chi connectivity index (χ3v) is 3.86. The van der Waals surface area contributed by atoms with Gasteiger partial charge in [0.1, 0.15) is 0 Å². The average Bonchev–Trinajstić information content (AvgIpc) is 2.39. The molecule has 0 aliphatic carbocycles. The summed E-state index contributed by atoms with van der Waals surface area (Å²) in [6.07, 6.45) is 8.09. The first-order valence-corrected chi connectivity index (χ1v) is 8.99. The summed E-state index contributed by atoms with van der Waals surface area (Å²) in [7, 11) is 0. The second-order valence-corrected chi connectivity index (χ2v) is 7.02. The van der Waals surface area contributed by atoms with Crippen molar-refractivity contribution in [2.24, 2.45) is 11.8 Å². The van der Waals surface area contributed by atoms with Crippen molar-refractivity contribution in [3.8, 4) is 0 Å². The van der Waals surface area contributed by atoms with Crippen LogP contribution in [0.2, 0.25) is 0 Å². The third kappa shape index (κ3) is 14.3. The van der Waals surface area contributed by atoms with Gasteiger partial charge in [0, 0.05) is 13.1 Å². The molecule has 0 saturated heterocycles. The summed E-state index contributed by atoms with van der Waals surface area (Å²) in [5.74, 6) is 1.64. The molecule has 0 aliphatic heterocycles. The van der Waals surface area contributed by atoms with Gasteiger partial charge in [-0.3, -0.25) is 0 Å². The van der Waals surface area contributed by atoms with Crippen molar-refractivity contribution in [3.05, 3.63) is 0 Å². The van der Waals surface area contributed by atoms with E-state index in [1.807, 2.05) is 0 Å². The lowest BCUT2D eigenvalue weighted by Gasteiger charge is -2.24. The first-order valence-electron chi connectivity index (χ1n) is 8.99. The van der Waals surface area contributed by atoms with Crippen LogP contribution in [-0.2, 0) is 0 Å². The quantitative estimate of drug-likeness (QED) is 0.471. The van der Waals surface area contributed by atoms with Gasteiger partial charge < -0.3 is 10.2 Å². The van der Waals surface area contributed by atoms with E-state index < -0.39 is 0 Å². The molecule has 0 heterocycles. The standard InChI is InChI=1S/C18H40N2/c1-6-7-8-9-12-19-13-16-20(14-10-17(2)3)15-11-18(4)5/h17-19H,6-16H2,1-5H3. The van der Waals surface area contributed by atoms with Gasteiger partial charge in [0.15, 0.2) is 0 Å². The molecule has 0 spiro atoms. The summed E-state index contributed by atoms with van der Waals surface area (Å²) in [5, 5.41) is 3.61. The van der Waals surface area contributed by atoms with E-state index in [0.29, 0.717) is 0 Å². The molecule has 20 heavy (non-hydrogen) atoms. The molecule has 122 valence electrons. The Bertz CT molecular complexity index is 178. The van der Waals surface area contributed by atoms with E-state index in [4.69, 9.17) is 0 Å². The van der Waals surface area contributed by atoms with Gasteiger partial charge in [-0.15, -0.1) is 0 Å². The van der Waals surface area contributed by atoms with Crippen molar-refractivity contribution >= 4 is 0 Å². The second kappa shape index (κ2) is 13.9. The lowest BCUT2D eigenvalue weighted by molar-refractivity contribution is 0.243. The molecule has 0 atom stereocenters. The van der Waals surface area contributed by atoms with E-state index in [1.165, 1.54) is 64.7 Å². The molecule has 2 nitrogen and oxygen atoms in total. The van der Waals surface area contributed by atoms with Gasteiger partial charge in [-0.05, 0) is 50.7 Å². The summed E-state index contributed by atoms with van der Waals surface area (Å²) in [6, 6.07) is 0. The highest BCUT2D eigenvalue weighted by Gasteiger charge is 2.06. The number of hydrogen-bond donors (Lipinski definition) is 1. The molecule has 0 aliphatic rings. The minimum atomic E-state index is 0.818.